The molecule has 148 valence electrons. The lowest BCUT2D eigenvalue weighted by atomic mass is 10.1. The van der Waals surface area contributed by atoms with E-state index in [1.165, 1.54) is 17.8 Å². The first-order chi connectivity index (χ1) is 13.8. The fourth-order valence-electron chi connectivity index (χ4n) is 3.55. The molecule has 0 saturated carbocycles. The Hall–Kier alpha value is -1.99. The van der Waals surface area contributed by atoms with E-state index < -0.39 is 5.92 Å². The third-order valence-electron chi connectivity index (χ3n) is 5.24. The Balaban J connectivity index is 1.39. The van der Waals surface area contributed by atoms with E-state index in [2.05, 4.69) is 0 Å². The number of halogens is 3. The Morgan fingerprint density at radius 1 is 1.21 bits per heavy atom. The summed E-state index contributed by atoms with van der Waals surface area (Å²) in [4.78, 5) is 14.7. The molecule has 2 aromatic carbocycles. The second-order valence-corrected chi connectivity index (χ2v) is 8.27. The predicted molar refractivity (Wildman–Crippen MR) is 103 cm³/mol. The van der Waals surface area contributed by atoms with Gasteiger partial charge in [0.25, 0.3) is 11.8 Å². The molecule has 1 fully saturated rings. The van der Waals surface area contributed by atoms with Crippen LogP contribution in [0.2, 0.25) is 1.41 Å². The lowest BCUT2D eigenvalue weighted by Gasteiger charge is -2.31. The number of hydrogen-bond acceptors (Lipinski definition) is 3. The number of alkyl halides is 2. The van der Waals surface area contributed by atoms with Crippen LogP contribution in [0.25, 0.3) is 0 Å². The molecule has 28 heavy (non-hydrogen) atoms. The summed E-state index contributed by atoms with van der Waals surface area (Å²) in [5.41, 5.74) is 2.72. The first-order valence-electron chi connectivity index (χ1n) is 9.70. The van der Waals surface area contributed by atoms with Crippen molar-refractivity contribution >= 4 is 17.7 Å². The summed E-state index contributed by atoms with van der Waals surface area (Å²) < 4.78 is 48.7. The summed E-state index contributed by atoms with van der Waals surface area (Å²) in [5, 5.41) is 0.944. The first-order valence-corrected chi connectivity index (χ1v) is 10.2. The van der Waals surface area contributed by atoms with Crippen LogP contribution in [0.4, 0.5) is 13.2 Å². The minimum atomic E-state index is -2.60. The van der Waals surface area contributed by atoms with E-state index in [0.717, 1.165) is 21.3 Å². The molecule has 4 rings (SSSR count). The van der Waals surface area contributed by atoms with Crippen LogP contribution in [-0.2, 0) is 18.8 Å². The number of carbonyl (C=O) groups is 1. The molecule has 0 atom stereocenters. The molecular weight excluding hydrogens is 385 g/mol. The largest absolute Gasteiger partial charge is 0.348 e. The number of carbonyl (C=O) groups excluding carboxylic acids is 1. The Bertz CT molecular complexity index is 930. The van der Waals surface area contributed by atoms with Crippen LogP contribution in [0.3, 0.4) is 0 Å². The summed E-state index contributed by atoms with van der Waals surface area (Å²) in [7, 11) is 0. The zero-order chi connectivity index (χ0) is 20.6. The fourth-order valence-corrected chi connectivity index (χ4v) is 4.57. The van der Waals surface area contributed by atoms with Gasteiger partial charge in [-0.25, -0.2) is 13.2 Å². The summed E-state index contributed by atoms with van der Waals surface area (Å²) in [6.45, 7) is 1.15. The quantitative estimate of drug-likeness (QED) is 0.736. The number of likely N-dealkylation sites (tertiary alicyclic amines) is 1. The molecule has 2 aliphatic rings. The molecule has 2 aromatic rings. The van der Waals surface area contributed by atoms with Crippen molar-refractivity contribution in [1.29, 1.82) is 0 Å². The van der Waals surface area contributed by atoms with Crippen LogP contribution in [0.5, 0.6) is 0 Å². The van der Waals surface area contributed by atoms with Gasteiger partial charge in [0.2, 0.25) is 0 Å². The molecule has 7 heteroatoms. The standard InChI is InChI=1S/C21H21F3N2OS/c22-18-10-14(4-5-15(18)12-26-8-6-21(23,24)7-9-26)13-28-19-3-1-2-16-17(19)11-25-20(16)27/h1-5,10H,6-9,11-13H2,(H,25,27)/i/hD. The number of amides is 1. The van der Waals surface area contributed by atoms with Gasteiger partial charge in [0, 0.05) is 60.8 Å². The zero-order valence-electron chi connectivity index (χ0n) is 16.3. The van der Waals surface area contributed by atoms with Crippen LogP contribution < -0.4 is 5.31 Å². The summed E-state index contributed by atoms with van der Waals surface area (Å²) >= 11 is 1.51. The molecule has 2 heterocycles. The van der Waals surface area contributed by atoms with Crippen LogP contribution in [0.1, 0.15) is 39.9 Å². The van der Waals surface area contributed by atoms with Crippen LogP contribution >= 0.6 is 11.8 Å². The fraction of sp³-hybridized carbons (Fsp3) is 0.381. The zero-order valence-corrected chi connectivity index (χ0v) is 16.1. The minimum Gasteiger partial charge on any atom is -0.348 e. The van der Waals surface area contributed by atoms with Gasteiger partial charge in [-0.1, -0.05) is 18.2 Å². The summed E-state index contributed by atoms with van der Waals surface area (Å²) in [5.74, 6) is -2.69. The lowest BCUT2D eigenvalue weighted by molar-refractivity contribution is -0.0567. The number of nitrogens with one attached hydrogen (secondary N) is 1. The average Bonchev–Trinajstić information content (AvgIpc) is 2.98. The van der Waals surface area contributed by atoms with Crippen molar-refractivity contribution in [3.05, 3.63) is 64.5 Å². The molecule has 0 spiro atoms. The molecule has 0 radical (unpaired) electrons. The number of benzene rings is 2. The van der Waals surface area contributed by atoms with Gasteiger partial charge in [-0.15, -0.1) is 11.8 Å². The number of piperidine rings is 1. The van der Waals surface area contributed by atoms with Gasteiger partial charge in [-0.3, -0.25) is 9.69 Å². The van der Waals surface area contributed by atoms with Crippen LogP contribution in [-0.4, -0.2) is 29.8 Å². The third-order valence-corrected chi connectivity index (χ3v) is 6.41. The van der Waals surface area contributed by atoms with E-state index >= 15 is 0 Å². The second-order valence-electron chi connectivity index (χ2n) is 7.25. The highest BCUT2D eigenvalue weighted by atomic mass is 32.2. The van der Waals surface area contributed by atoms with E-state index in [-0.39, 0.29) is 44.2 Å². The van der Waals surface area contributed by atoms with Crippen molar-refractivity contribution in [3.63, 3.8) is 0 Å². The van der Waals surface area contributed by atoms with Crippen molar-refractivity contribution in [1.82, 2.24) is 10.2 Å². The molecule has 0 aliphatic carbocycles. The summed E-state index contributed by atoms with van der Waals surface area (Å²) in [6, 6.07) is 10.5. The highest BCUT2D eigenvalue weighted by molar-refractivity contribution is 7.98. The molecule has 3 nitrogen and oxygen atoms in total. The molecular formula is C21H21F3N2OS. The number of thioether (sulfide) groups is 1. The van der Waals surface area contributed by atoms with Gasteiger partial charge in [0.05, 0.1) is 0 Å². The lowest BCUT2D eigenvalue weighted by Crippen LogP contribution is -2.38. The molecule has 2 aliphatic heterocycles. The van der Waals surface area contributed by atoms with Crippen molar-refractivity contribution in [3.8, 4) is 0 Å². The van der Waals surface area contributed by atoms with E-state index in [9.17, 15) is 18.0 Å². The molecule has 0 bridgehead atoms. The molecule has 1 N–H and O–H groups in total. The smallest absolute Gasteiger partial charge is 0.251 e. The van der Waals surface area contributed by atoms with Crippen LogP contribution in [0, 0.1) is 5.82 Å². The van der Waals surface area contributed by atoms with Gasteiger partial charge in [-0.05, 0) is 29.3 Å². The highest BCUT2D eigenvalue weighted by Crippen LogP contribution is 2.32. The predicted octanol–water partition coefficient (Wildman–Crippen LogP) is 4.59. The van der Waals surface area contributed by atoms with Gasteiger partial charge in [-0.2, -0.15) is 0 Å². The summed E-state index contributed by atoms with van der Waals surface area (Å²) in [6.07, 6.45) is -0.355. The topological polar surface area (TPSA) is 32.3 Å². The Labute approximate surface area is 167 Å². The average molecular weight is 407 g/mol. The number of rotatable bonds is 5. The van der Waals surface area contributed by atoms with E-state index in [0.29, 0.717) is 23.4 Å². The number of nitrogens with zero attached hydrogens (tertiary/aromatic N) is 1. The van der Waals surface area contributed by atoms with Gasteiger partial charge in [0.15, 0.2) is 1.41 Å². The highest BCUT2D eigenvalue weighted by Gasteiger charge is 2.34. The van der Waals surface area contributed by atoms with Crippen LogP contribution in [0.15, 0.2) is 41.3 Å². The molecule has 0 aromatic heterocycles. The normalized spacial score (nSPS) is 19.6. The van der Waals surface area contributed by atoms with Crippen molar-refractivity contribution in [2.75, 3.05) is 13.1 Å². The second kappa shape index (κ2) is 7.79. The maximum atomic E-state index is 14.5. The van der Waals surface area contributed by atoms with Gasteiger partial charge < -0.3 is 5.31 Å². The van der Waals surface area contributed by atoms with Crippen molar-refractivity contribution in [2.45, 2.75) is 42.5 Å². The molecule has 0 unspecified atom stereocenters. The molecule has 1 amide bonds. The van der Waals surface area contributed by atoms with E-state index in [1.807, 2.05) is 17.0 Å². The Kier molecular flexibility index (Phi) is 5.03. The number of fused-ring (bicyclic) bond motifs is 1. The van der Waals surface area contributed by atoms with Crippen molar-refractivity contribution in [2.24, 2.45) is 0 Å². The Morgan fingerprint density at radius 2 is 2.00 bits per heavy atom. The maximum absolute atomic E-state index is 14.5. The SMILES string of the molecule is [2H]N1Cc2c(SCc3ccc(CN4CCC(F)(F)CC4)c(F)c3)cccc2C1=O. The maximum Gasteiger partial charge on any atom is 0.251 e. The van der Waals surface area contributed by atoms with E-state index in [4.69, 9.17) is 1.41 Å². The van der Waals surface area contributed by atoms with E-state index in [1.54, 1.807) is 18.2 Å². The number of hydrogen-bond donors (Lipinski definition) is 1. The monoisotopic (exact) mass is 407 g/mol. The molecule has 1 saturated heterocycles. The van der Waals surface area contributed by atoms with Gasteiger partial charge >= 0.3 is 0 Å². The Morgan fingerprint density at radius 3 is 2.75 bits per heavy atom. The van der Waals surface area contributed by atoms with Crippen molar-refractivity contribution < 1.29 is 19.4 Å². The minimum absolute atomic E-state index is 0.178. The first kappa shape index (κ1) is 18.1. The third kappa shape index (κ3) is 4.20. The van der Waals surface area contributed by atoms with Gasteiger partial charge in [0.1, 0.15) is 5.82 Å².